The SMILES string of the molecule is Nc1ncnc2c1ncn2[C@@H]1O[C@H](COP(=O)(O)OC(=O)C(F)(F)F)C[C@H]1O. The van der Waals surface area contributed by atoms with Crippen LogP contribution in [0, 0.1) is 0 Å². The van der Waals surface area contributed by atoms with E-state index in [1.54, 1.807) is 0 Å². The number of phosphoric acid groups is 1. The number of ether oxygens (including phenoxy) is 1. The molecule has 0 aliphatic carbocycles. The first-order chi connectivity index (χ1) is 13.0. The molecule has 1 aliphatic rings. The second-order valence-electron chi connectivity index (χ2n) is 5.68. The van der Waals surface area contributed by atoms with E-state index in [0.29, 0.717) is 0 Å². The van der Waals surface area contributed by atoms with Crippen molar-refractivity contribution in [3.8, 4) is 0 Å². The number of nitrogen functional groups attached to an aromatic ring is 1. The van der Waals surface area contributed by atoms with Gasteiger partial charge in [0.15, 0.2) is 17.7 Å². The number of aromatic nitrogens is 4. The second-order valence-corrected chi connectivity index (χ2v) is 7.05. The number of carbonyl (C=O) groups is 1. The number of phosphoric ester groups is 1. The monoisotopic (exact) mass is 427 g/mol. The quantitative estimate of drug-likeness (QED) is 0.560. The van der Waals surface area contributed by atoms with Crippen molar-refractivity contribution in [3.63, 3.8) is 0 Å². The van der Waals surface area contributed by atoms with E-state index in [1.807, 2.05) is 0 Å². The highest BCUT2D eigenvalue weighted by molar-refractivity contribution is 7.48. The van der Waals surface area contributed by atoms with Crippen molar-refractivity contribution in [1.82, 2.24) is 19.5 Å². The number of aliphatic hydroxyl groups excluding tert-OH is 1. The molecule has 1 unspecified atom stereocenters. The van der Waals surface area contributed by atoms with Crippen molar-refractivity contribution in [2.24, 2.45) is 0 Å². The molecule has 1 saturated heterocycles. The zero-order chi connectivity index (χ0) is 20.7. The second kappa shape index (κ2) is 7.25. The topological polar surface area (TPSA) is 172 Å². The molecule has 0 radical (unpaired) electrons. The maximum atomic E-state index is 12.1. The van der Waals surface area contributed by atoms with Gasteiger partial charge in [-0.3, -0.25) is 14.0 Å². The molecule has 3 rings (SSSR count). The van der Waals surface area contributed by atoms with Crippen molar-refractivity contribution in [2.45, 2.75) is 31.0 Å². The summed E-state index contributed by atoms with van der Waals surface area (Å²) in [6.07, 6.45) is -6.25. The molecule has 28 heavy (non-hydrogen) atoms. The molecule has 0 spiro atoms. The molecule has 0 saturated carbocycles. The lowest BCUT2D eigenvalue weighted by Crippen LogP contribution is -2.25. The van der Waals surface area contributed by atoms with Crippen LogP contribution in [-0.2, 0) is 23.1 Å². The van der Waals surface area contributed by atoms with E-state index >= 15 is 0 Å². The lowest BCUT2D eigenvalue weighted by atomic mass is 10.2. The molecule has 4 atom stereocenters. The standard InChI is InChI=1S/C12H13F3N5O7P/c13-12(14,15)11(22)27-28(23,24)25-2-5-1-6(21)10(26-5)20-4-19-7-8(16)17-3-18-9(7)20/h3-6,10,21H,1-2H2,(H,23,24)(H2,16,17,18)/t5-,6+,10+/m0/s1. The van der Waals surface area contributed by atoms with Crippen molar-refractivity contribution >= 4 is 30.8 Å². The Labute approximate surface area is 153 Å². The minimum absolute atomic E-state index is 0.0991. The van der Waals surface area contributed by atoms with Gasteiger partial charge in [0.2, 0.25) is 0 Å². The van der Waals surface area contributed by atoms with Crippen LogP contribution in [0.2, 0.25) is 0 Å². The Hall–Kier alpha value is -2.32. The third-order valence-electron chi connectivity index (χ3n) is 3.68. The van der Waals surface area contributed by atoms with E-state index in [0.717, 1.165) is 0 Å². The first-order valence-corrected chi connectivity index (χ1v) is 9.02. The van der Waals surface area contributed by atoms with Gasteiger partial charge >= 0.3 is 20.0 Å². The van der Waals surface area contributed by atoms with E-state index in [-0.39, 0.29) is 23.4 Å². The smallest absolute Gasteiger partial charge is 0.388 e. The van der Waals surface area contributed by atoms with Crippen molar-refractivity contribution < 1.29 is 46.3 Å². The number of imidazole rings is 1. The predicted molar refractivity (Wildman–Crippen MR) is 82.2 cm³/mol. The molecule has 2 aromatic rings. The van der Waals surface area contributed by atoms with E-state index in [9.17, 15) is 32.5 Å². The summed E-state index contributed by atoms with van der Waals surface area (Å²) in [4.78, 5) is 31.6. The van der Waals surface area contributed by atoms with Gasteiger partial charge < -0.3 is 20.1 Å². The summed E-state index contributed by atoms with van der Waals surface area (Å²) in [5.41, 5.74) is 6.18. The van der Waals surface area contributed by atoms with Crippen molar-refractivity contribution in [2.75, 3.05) is 12.3 Å². The number of aliphatic hydroxyl groups is 1. The molecular weight excluding hydrogens is 414 g/mol. The number of fused-ring (bicyclic) bond motifs is 1. The summed E-state index contributed by atoms with van der Waals surface area (Å²) in [6, 6.07) is 0. The van der Waals surface area contributed by atoms with Crippen LogP contribution in [0.5, 0.6) is 0 Å². The lowest BCUT2D eigenvalue weighted by molar-refractivity contribution is -0.191. The molecule has 1 fully saturated rings. The van der Waals surface area contributed by atoms with Gasteiger partial charge in [0.1, 0.15) is 17.9 Å². The van der Waals surface area contributed by atoms with Crippen LogP contribution in [0.4, 0.5) is 19.0 Å². The molecule has 0 amide bonds. The first-order valence-electron chi connectivity index (χ1n) is 7.52. The summed E-state index contributed by atoms with van der Waals surface area (Å²) in [5.74, 6) is -2.77. The molecule has 1 aliphatic heterocycles. The molecule has 3 heterocycles. The highest BCUT2D eigenvalue weighted by Crippen LogP contribution is 2.46. The molecule has 2 aromatic heterocycles. The molecule has 12 nitrogen and oxygen atoms in total. The molecule has 0 bridgehead atoms. The van der Waals surface area contributed by atoms with Crippen LogP contribution in [0.15, 0.2) is 12.7 Å². The van der Waals surface area contributed by atoms with Crippen LogP contribution in [0.1, 0.15) is 12.6 Å². The largest absolute Gasteiger partial charge is 0.529 e. The van der Waals surface area contributed by atoms with Crippen LogP contribution < -0.4 is 5.73 Å². The Morgan fingerprint density at radius 1 is 1.43 bits per heavy atom. The zero-order valence-electron chi connectivity index (χ0n) is 13.7. The number of halogens is 3. The fourth-order valence-electron chi connectivity index (χ4n) is 2.50. The highest BCUT2D eigenvalue weighted by Gasteiger charge is 2.46. The van der Waals surface area contributed by atoms with Gasteiger partial charge in [-0.05, 0) is 0 Å². The Kier molecular flexibility index (Phi) is 5.29. The number of rotatable bonds is 5. The first kappa shape index (κ1) is 20.4. The van der Waals surface area contributed by atoms with E-state index < -0.39 is 45.0 Å². The summed E-state index contributed by atoms with van der Waals surface area (Å²) in [5, 5.41) is 10.2. The number of nitrogens with zero attached hydrogens (tertiary/aromatic N) is 4. The number of hydrogen-bond donors (Lipinski definition) is 3. The minimum atomic E-state index is -5.46. The summed E-state index contributed by atoms with van der Waals surface area (Å²) >= 11 is 0. The van der Waals surface area contributed by atoms with Crippen LogP contribution in [-0.4, -0.2) is 60.5 Å². The average Bonchev–Trinajstić information content (AvgIpc) is 3.16. The lowest BCUT2D eigenvalue weighted by Gasteiger charge is -2.17. The fourth-order valence-corrected chi connectivity index (χ4v) is 3.22. The molecule has 154 valence electrons. The van der Waals surface area contributed by atoms with E-state index in [2.05, 4.69) is 24.0 Å². The average molecular weight is 427 g/mol. The normalized spacial score (nSPS) is 25.0. The Balaban J connectivity index is 1.65. The van der Waals surface area contributed by atoms with E-state index in [1.165, 1.54) is 17.2 Å². The van der Waals surface area contributed by atoms with Crippen molar-refractivity contribution in [3.05, 3.63) is 12.7 Å². The fraction of sp³-hybridized carbons (Fsp3) is 0.500. The molecule has 0 aromatic carbocycles. The summed E-state index contributed by atoms with van der Waals surface area (Å²) in [6.45, 7) is -0.726. The van der Waals surface area contributed by atoms with Crippen LogP contribution in [0.25, 0.3) is 11.2 Å². The Bertz CT molecular complexity index is 938. The number of nitrogens with two attached hydrogens (primary N) is 1. The maximum absolute atomic E-state index is 12.1. The van der Waals surface area contributed by atoms with E-state index in [4.69, 9.17) is 10.5 Å². The van der Waals surface area contributed by atoms with Gasteiger partial charge in [-0.1, -0.05) is 0 Å². The van der Waals surface area contributed by atoms with Gasteiger partial charge in [-0.15, -0.1) is 0 Å². The third-order valence-corrected chi connectivity index (χ3v) is 4.55. The Morgan fingerprint density at radius 2 is 2.14 bits per heavy atom. The van der Waals surface area contributed by atoms with Crippen LogP contribution >= 0.6 is 7.82 Å². The van der Waals surface area contributed by atoms with Crippen molar-refractivity contribution in [1.29, 1.82) is 0 Å². The summed E-state index contributed by atoms with van der Waals surface area (Å²) in [7, 11) is -5.33. The maximum Gasteiger partial charge on any atom is 0.529 e. The van der Waals surface area contributed by atoms with Crippen LogP contribution in [0.3, 0.4) is 0 Å². The predicted octanol–water partition coefficient (Wildman–Crippen LogP) is 0.279. The molecule has 16 heteroatoms. The zero-order valence-corrected chi connectivity index (χ0v) is 14.6. The molecular formula is C12H13F3N5O7P. The number of carbonyl (C=O) groups excluding carboxylic acids is 1. The van der Waals surface area contributed by atoms with Gasteiger partial charge in [0.25, 0.3) is 0 Å². The van der Waals surface area contributed by atoms with Gasteiger partial charge in [-0.25, -0.2) is 24.3 Å². The highest BCUT2D eigenvalue weighted by atomic mass is 31.2. The van der Waals surface area contributed by atoms with Gasteiger partial charge in [0, 0.05) is 6.42 Å². The van der Waals surface area contributed by atoms with Gasteiger partial charge in [-0.2, -0.15) is 13.2 Å². The number of anilines is 1. The molecule has 4 N–H and O–H groups in total. The number of alkyl halides is 3. The Morgan fingerprint density at radius 3 is 2.82 bits per heavy atom. The minimum Gasteiger partial charge on any atom is -0.388 e. The van der Waals surface area contributed by atoms with Gasteiger partial charge in [0.05, 0.1) is 19.0 Å². The number of hydrogen-bond acceptors (Lipinski definition) is 10. The summed E-state index contributed by atoms with van der Waals surface area (Å²) < 4.78 is 62.3. The third kappa shape index (κ3) is 4.23.